The van der Waals surface area contributed by atoms with Crippen LogP contribution in [0.5, 0.6) is 5.75 Å². The summed E-state index contributed by atoms with van der Waals surface area (Å²) in [6.45, 7) is 5.25. The van der Waals surface area contributed by atoms with Gasteiger partial charge in [-0.1, -0.05) is 30.3 Å². The van der Waals surface area contributed by atoms with Crippen molar-refractivity contribution in [1.29, 1.82) is 0 Å². The molecular formula is C22H29N3O3. The Kier molecular flexibility index (Phi) is 7.87. The summed E-state index contributed by atoms with van der Waals surface area (Å²) >= 11 is 0. The molecule has 0 aliphatic heterocycles. The summed E-state index contributed by atoms with van der Waals surface area (Å²) in [5.74, 6) is 0.354. The minimum Gasteiger partial charge on any atom is -0.495 e. The van der Waals surface area contributed by atoms with Gasteiger partial charge in [-0.25, -0.2) is 0 Å². The molecule has 0 fully saturated rings. The lowest BCUT2D eigenvalue weighted by Crippen LogP contribution is -2.42. The van der Waals surface area contributed by atoms with Gasteiger partial charge in [-0.15, -0.1) is 0 Å². The summed E-state index contributed by atoms with van der Waals surface area (Å²) < 4.78 is 5.35. The van der Waals surface area contributed by atoms with E-state index in [2.05, 4.69) is 28.1 Å². The van der Waals surface area contributed by atoms with Gasteiger partial charge in [-0.2, -0.15) is 0 Å². The van der Waals surface area contributed by atoms with Gasteiger partial charge in [0.1, 0.15) is 11.8 Å². The Bertz CT molecular complexity index is 793. The summed E-state index contributed by atoms with van der Waals surface area (Å²) in [6.07, 6.45) is 1.78. The standard InChI is InChI=1S/C22H29N3O3/c1-15(10-11-18-8-6-5-7-9-18)23-22(27)16(2)24-20-14-19(25-17(3)26)12-13-21(20)28-4/h5-9,12-16,24H,10-11H2,1-4H3,(H,23,27)(H,25,26)/t15-,16-/m0/s1. The molecule has 0 aliphatic carbocycles. The number of amides is 2. The van der Waals surface area contributed by atoms with E-state index in [0.29, 0.717) is 17.1 Å². The largest absolute Gasteiger partial charge is 0.495 e. The van der Waals surface area contributed by atoms with Crippen LogP contribution in [-0.2, 0) is 16.0 Å². The molecule has 2 rings (SSSR count). The molecule has 2 amide bonds. The first-order chi connectivity index (χ1) is 13.4. The number of hydrogen-bond donors (Lipinski definition) is 3. The minimum absolute atomic E-state index is 0.0598. The van der Waals surface area contributed by atoms with Crippen LogP contribution in [0.25, 0.3) is 0 Å². The highest BCUT2D eigenvalue weighted by Crippen LogP contribution is 2.28. The Morgan fingerprint density at radius 2 is 1.79 bits per heavy atom. The van der Waals surface area contributed by atoms with Crippen LogP contribution in [0.3, 0.4) is 0 Å². The predicted octanol–water partition coefficient (Wildman–Crippen LogP) is 3.59. The van der Waals surface area contributed by atoms with Crippen molar-refractivity contribution in [3.05, 3.63) is 54.1 Å². The molecule has 3 N–H and O–H groups in total. The van der Waals surface area contributed by atoms with E-state index >= 15 is 0 Å². The first kappa shape index (κ1) is 21.3. The van der Waals surface area contributed by atoms with Crippen molar-refractivity contribution in [2.75, 3.05) is 17.7 Å². The Morgan fingerprint density at radius 3 is 2.43 bits per heavy atom. The second-order valence-electron chi connectivity index (χ2n) is 6.90. The highest BCUT2D eigenvalue weighted by molar-refractivity contribution is 5.90. The average Bonchev–Trinajstić information content (AvgIpc) is 2.67. The number of ether oxygens (including phenoxy) is 1. The maximum atomic E-state index is 12.5. The molecule has 6 heteroatoms. The number of anilines is 2. The van der Waals surface area contributed by atoms with Gasteiger partial charge in [-0.3, -0.25) is 9.59 Å². The SMILES string of the molecule is COc1ccc(NC(C)=O)cc1N[C@@H](C)C(=O)N[C@@H](C)CCc1ccccc1. The predicted molar refractivity (Wildman–Crippen MR) is 113 cm³/mol. The van der Waals surface area contributed by atoms with Gasteiger partial charge in [0.05, 0.1) is 12.8 Å². The second-order valence-corrected chi connectivity index (χ2v) is 6.90. The van der Waals surface area contributed by atoms with Gasteiger partial charge in [-0.05, 0) is 50.5 Å². The summed E-state index contributed by atoms with van der Waals surface area (Å²) in [7, 11) is 1.56. The van der Waals surface area contributed by atoms with Gasteiger partial charge in [0, 0.05) is 18.7 Å². The van der Waals surface area contributed by atoms with Gasteiger partial charge in [0.15, 0.2) is 0 Å². The zero-order valence-corrected chi connectivity index (χ0v) is 16.9. The smallest absolute Gasteiger partial charge is 0.242 e. The van der Waals surface area contributed by atoms with Gasteiger partial charge < -0.3 is 20.7 Å². The zero-order chi connectivity index (χ0) is 20.5. The van der Waals surface area contributed by atoms with Gasteiger partial charge >= 0.3 is 0 Å². The van der Waals surface area contributed by atoms with Crippen LogP contribution in [-0.4, -0.2) is 31.0 Å². The van der Waals surface area contributed by atoms with Crippen LogP contribution in [0, 0.1) is 0 Å². The molecule has 28 heavy (non-hydrogen) atoms. The third kappa shape index (κ3) is 6.61. The van der Waals surface area contributed by atoms with Crippen molar-refractivity contribution in [3.8, 4) is 5.75 Å². The van der Waals surface area contributed by atoms with Crippen LogP contribution in [0.15, 0.2) is 48.5 Å². The summed E-state index contributed by atoms with van der Waals surface area (Å²) in [5.41, 5.74) is 2.54. The number of hydrogen-bond acceptors (Lipinski definition) is 4. The minimum atomic E-state index is -0.458. The molecule has 0 radical (unpaired) electrons. The first-order valence-electron chi connectivity index (χ1n) is 9.45. The lowest BCUT2D eigenvalue weighted by atomic mass is 10.1. The number of carbonyl (C=O) groups is 2. The van der Waals surface area contributed by atoms with E-state index < -0.39 is 6.04 Å². The Hall–Kier alpha value is -3.02. The van der Waals surface area contributed by atoms with Crippen molar-refractivity contribution in [1.82, 2.24) is 5.32 Å². The summed E-state index contributed by atoms with van der Waals surface area (Å²) in [4.78, 5) is 23.8. The maximum Gasteiger partial charge on any atom is 0.242 e. The molecular weight excluding hydrogens is 354 g/mol. The molecule has 0 heterocycles. The molecule has 0 aromatic heterocycles. The normalized spacial score (nSPS) is 12.6. The number of nitrogens with one attached hydrogen (secondary N) is 3. The van der Waals surface area contributed by atoms with Crippen LogP contribution in [0.4, 0.5) is 11.4 Å². The van der Waals surface area contributed by atoms with Crippen molar-refractivity contribution in [2.45, 2.75) is 45.7 Å². The lowest BCUT2D eigenvalue weighted by molar-refractivity contribution is -0.122. The van der Waals surface area contributed by atoms with Gasteiger partial charge in [0.2, 0.25) is 11.8 Å². The Balaban J connectivity index is 1.92. The van der Waals surface area contributed by atoms with Crippen LogP contribution in [0.2, 0.25) is 0 Å². The topological polar surface area (TPSA) is 79.5 Å². The number of rotatable bonds is 9. The third-order valence-corrected chi connectivity index (χ3v) is 4.38. The lowest BCUT2D eigenvalue weighted by Gasteiger charge is -2.21. The van der Waals surface area contributed by atoms with E-state index in [9.17, 15) is 9.59 Å². The highest BCUT2D eigenvalue weighted by atomic mass is 16.5. The number of methoxy groups -OCH3 is 1. The number of benzene rings is 2. The summed E-state index contributed by atoms with van der Waals surface area (Å²) in [5, 5.41) is 8.94. The van der Waals surface area contributed by atoms with E-state index in [1.807, 2.05) is 25.1 Å². The van der Waals surface area contributed by atoms with Crippen LogP contribution < -0.4 is 20.7 Å². The Morgan fingerprint density at radius 1 is 1.07 bits per heavy atom. The molecule has 150 valence electrons. The number of aryl methyl sites for hydroxylation is 1. The van der Waals surface area contributed by atoms with E-state index in [0.717, 1.165) is 12.8 Å². The monoisotopic (exact) mass is 383 g/mol. The molecule has 2 atom stereocenters. The molecule has 2 aromatic carbocycles. The fraction of sp³-hybridized carbons (Fsp3) is 0.364. The molecule has 0 saturated heterocycles. The molecule has 0 unspecified atom stereocenters. The maximum absolute atomic E-state index is 12.5. The number of carbonyl (C=O) groups excluding carboxylic acids is 2. The van der Waals surface area contributed by atoms with Crippen molar-refractivity contribution >= 4 is 23.2 Å². The average molecular weight is 383 g/mol. The van der Waals surface area contributed by atoms with Crippen molar-refractivity contribution in [3.63, 3.8) is 0 Å². The van der Waals surface area contributed by atoms with E-state index in [1.54, 1.807) is 32.2 Å². The fourth-order valence-corrected chi connectivity index (χ4v) is 2.87. The molecule has 0 saturated carbocycles. The van der Waals surface area contributed by atoms with Crippen LogP contribution in [0.1, 0.15) is 32.8 Å². The molecule has 6 nitrogen and oxygen atoms in total. The second kappa shape index (κ2) is 10.3. The van der Waals surface area contributed by atoms with E-state index in [4.69, 9.17) is 4.74 Å². The quantitative estimate of drug-likeness (QED) is 0.618. The molecule has 0 bridgehead atoms. The zero-order valence-electron chi connectivity index (χ0n) is 16.9. The highest BCUT2D eigenvalue weighted by Gasteiger charge is 2.17. The van der Waals surface area contributed by atoms with E-state index in [-0.39, 0.29) is 17.9 Å². The summed E-state index contributed by atoms with van der Waals surface area (Å²) in [6, 6.07) is 15.1. The molecule has 0 aliphatic rings. The van der Waals surface area contributed by atoms with Crippen molar-refractivity contribution < 1.29 is 14.3 Å². The molecule has 2 aromatic rings. The van der Waals surface area contributed by atoms with Gasteiger partial charge in [0.25, 0.3) is 0 Å². The fourth-order valence-electron chi connectivity index (χ4n) is 2.87. The Labute approximate surface area is 166 Å². The van der Waals surface area contributed by atoms with Crippen molar-refractivity contribution in [2.24, 2.45) is 0 Å². The van der Waals surface area contributed by atoms with Crippen LogP contribution >= 0.6 is 0 Å². The molecule has 0 spiro atoms. The first-order valence-corrected chi connectivity index (χ1v) is 9.45. The third-order valence-electron chi connectivity index (χ3n) is 4.38. The van der Waals surface area contributed by atoms with E-state index in [1.165, 1.54) is 12.5 Å².